The largest absolute Gasteiger partial charge is 0.437 e. The Hall–Kier alpha value is -1.62. The van der Waals surface area contributed by atoms with Gasteiger partial charge in [-0.05, 0) is 24.6 Å². The fraction of sp³-hybridized carbons (Fsp3) is 0.333. The summed E-state index contributed by atoms with van der Waals surface area (Å²) >= 11 is 5.70. The highest BCUT2D eigenvalue weighted by atomic mass is 35.5. The van der Waals surface area contributed by atoms with E-state index in [2.05, 4.69) is 15.3 Å². The Morgan fingerprint density at radius 1 is 1.50 bits per heavy atom. The summed E-state index contributed by atoms with van der Waals surface area (Å²) in [4.78, 5) is 15.9. The summed E-state index contributed by atoms with van der Waals surface area (Å²) in [6.07, 6.45) is -0.817. The molecule has 1 rings (SSSR count). The van der Waals surface area contributed by atoms with E-state index in [0.29, 0.717) is 11.3 Å². The van der Waals surface area contributed by atoms with Crippen LogP contribution in [0.2, 0.25) is 0 Å². The first kappa shape index (κ1) is 14.4. The van der Waals surface area contributed by atoms with Gasteiger partial charge in [0, 0.05) is 11.6 Å². The normalized spacial score (nSPS) is 11.6. The average Bonchev–Trinajstić information content (AvgIpc) is 2.30. The molecule has 4 nitrogen and oxygen atoms in total. The first-order valence-electron chi connectivity index (χ1n) is 5.37. The molecule has 0 aliphatic heterocycles. The molecule has 0 saturated carbocycles. The molecule has 0 heterocycles. The fourth-order valence-corrected chi connectivity index (χ4v) is 1.09. The summed E-state index contributed by atoms with van der Waals surface area (Å²) in [7, 11) is 0. The van der Waals surface area contributed by atoms with Crippen LogP contribution in [-0.4, -0.2) is 11.3 Å². The maximum atomic E-state index is 13.0. The third kappa shape index (κ3) is 4.33. The Morgan fingerprint density at radius 3 is 2.78 bits per heavy atom. The summed E-state index contributed by atoms with van der Waals surface area (Å²) in [6.45, 7) is 5.35. The van der Waals surface area contributed by atoms with Crippen LogP contribution in [0.1, 0.15) is 19.4 Å². The predicted molar refractivity (Wildman–Crippen MR) is 69.4 cm³/mol. The minimum absolute atomic E-state index is 0.0321. The molecule has 0 radical (unpaired) electrons. The van der Waals surface area contributed by atoms with Gasteiger partial charge < -0.3 is 0 Å². The van der Waals surface area contributed by atoms with Crippen LogP contribution in [0, 0.1) is 18.7 Å². The molecule has 6 heteroatoms. The van der Waals surface area contributed by atoms with Gasteiger partial charge >= 0.3 is 6.09 Å². The van der Waals surface area contributed by atoms with Gasteiger partial charge in [-0.3, -0.25) is 10.2 Å². The van der Waals surface area contributed by atoms with Gasteiger partial charge in [-0.1, -0.05) is 36.7 Å². The second-order valence-corrected chi connectivity index (χ2v) is 4.42. The minimum atomic E-state index is -0.817. The van der Waals surface area contributed by atoms with Crippen molar-refractivity contribution in [2.24, 2.45) is 11.1 Å². The van der Waals surface area contributed by atoms with Gasteiger partial charge in [-0.2, -0.15) is 0 Å². The maximum Gasteiger partial charge on any atom is 0.437 e. The summed E-state index contributed by atoms with van der Waals surface area (Å²) in [5.41, 5.74) is 1.04. The van der Waals surface area contributed by atoms with E-state index in [1.165, 1.54) is 12.1 Å². The number of carbonyl (C=O) groups is 1. The molecule has 98 valence electrons. The molecule has 0 unspecified atom stereocenters. The molecule has 0 bridgehead atoms. The molecule has 1 N–H and O–H groups in total. The second kappa shape index (κ2) is 6.35. The number of halogens is 2. The first-order valence-corrected chi connectivity index (χ1v) is 5.75. The standard InChI is InChI=1S/C12H14ClFN2O2/c1-7(2)11(13)16-18-12(17)15-10-6-9(14)5-4-8(10)3/h4-7H,1-3H3,(H,15,17)/b16-11+. The highest BCUT2D eigenvalue weighted by Crippen LogP contribution is 2.16. The van der Waals surface area contributed by atoms with Gasteiger partial charge in [-0.15, -0.1) is 0 Å². The monoisotopic (exact) mass is 272 g/mol. The number of benzene rings is 1. The molecule has 0 saturated heterocycles. The Labute approximate surface area is 110 Å². The Morgan fingerprint density at radius 2 is 2.17 bits per heavy atom. The summed E-state index contributed by atoms with van der Waals surface area (Å²) < 4.78 is 13.0. The lowest BCUT2D eigenvalue weighted by molar-refractivity contribution is 0.166. The Balaban J connectivity index is 2.65. The van der Waals surface area contributed by atoms with E-state index in [1.807, 2.05) is 13.8 Å². The number of hydrogen-bond donors (Lipinski definition) is 1. The lowest BCUT2D eigenvalue weighted by Gasteiger charge is -2.07. The second-order valence-electron chi connectivity index (χ2n) is 4.03. The van der Waals surface area contributed by atoms with Crippen molar-refractivity contribution in [3.63, 3.8) is 0 Å². The zero-order valence-corrected chi connectivity index (χ0v) is 11.1. The summed E-state index contributed by atoms with van der Waals surface area (Å²) in [5, 5.41) is 6.01. The molecule has 0 atom stereocenters. The lowest BCUT2D eigenvalue weighted by Crippen LogP contribution is -2.13. The topological polar surface area (TPSA) is 50.7 Å². The fourth-order valence-electron chi connectivity index (χ4n) is 1.05. The Bertz CT molecular complexity index is 475. The van der Waals surface area contributed by atoms with Gasteiger partial charge in [0.25, 0.3) is 0 Å². The van der Waals surface area contributed by atoms with Crippen molar-refractivity contribution in [3.8, 4) is 0 Å². The Kier molecular flexibility index (Phi) is 5.09. The van der Waals surface area contributed by atoms with Crippen LogP contribution in [-0.2, 0) is 4.84 Å². The van der Waals surface area contributed by atoms with Gasteiger partial charge in [0.1, 0.15) is 11.0 Å². The van der Waals surface area contributed by atoms with Crippen molar-refractivity contribution in [1.29, 1.82) is 0 Å². The predicted octanol–water partition coefficient (Wildman–Crippen LogP) is 3.89. The summed E-state index contributed by atoms with van der Waals surface area (Å²) in [5.74, 6) is -0.477. The van der Waals surface area contributed by atoms with E-state index in [0.717, 1.165) is 0 Å². The number of aryl methyl sites for hydroxylation is 1. The van der Waals surface area contributed by atoms with Crippen LogP contribution in [0.15, 0.2) is 23.4 Å². The molecule has 0 spiro atoms. The molecule has 0 fully saturated rings. The van der Waals surface area contributed by atoms with Crippen molar-refractivity contribution in [2.75, 3.05) is 5.32 Å². The SMILES string of the molecule is Cc1ccc(F)cc1NC(=O)O/N=C(/Cl)C(C)C. The van der Waals surface area contributed by atoms with Crippen molar-refractivity contribution < 1.29 is 14.0 Å². The van der Waals surface area contributed by atoms with Crippen LogP contribution in [0.4, 0.5) is 14.9 Å². The quantitative estimate of drug-likeness (QED) is 0.515. The molecule has 0 aliphatic carbocycles. The van der Waals surface area contributed by atoms with Crippen molar-refractivity contribution in [3.05, 3.63) is 29.6 Å². The van der Waals surface area contributed by atoms with E-state index >= 15 is 0 Å². The average molecular weight is 273 g/mol. The third-order valence-electron chi connectivity index (χ3n) is 2.13. The highest BCUT2D eigenvalue weighted by Gasteiger charge is 2.08. The van der Waals surface area contributed by atoms with Crippen LogP contribution in [0.25, 0.3) is 0 Å². The molecule has 0 aliphatic rings. The van der Waals surface area contributed by atoms with Gasteiger partial charge in [0.05, 0.1) is 0 Å². The smallest absolute Gasteiger partial charge is 0.297 e. The zero-order valence-electron chi connectivity index (χ0n) is 10.3. The minimum Gasteiger partial charge on any atom is -0.297 e. The van der Waals surface area contributed by atoms with Crippen LogP contribution in [0.5, 0.6) is 0 Å². The number of nitrogens with zero attached hydrogens (tertiary/aromatic N) is 1. The number of nitrogens with one attached hydrogen (secondary N) is 1. The van der Waals surface area contributed by atoms with Crippen molar-refractivity contribution in [2.45, 2.75) is 20.8 Å². The van der Waals surface area contributed by atoms with E-state index in [-0.39, 0.29) is 11.1 Å². The zero-order chi connectivity index (χ0) is 13.7. The van der Waals surface area contributed by atoms with E-state index in [9.17, 15) is 9.18 Å². The molecule has 1 aromatic rings. The van der Waals surface area contributed by atoms with Gasteiger partial charge in [0.15, 0.2) is 0 Å². The molecule has 18 heavy (non-hydrogen) atoms. The van der Waals surface area contributed by atoms with Crippen LogP contribution >= 0.6 is 11.6 Å². The number of hydrogen-bond acceptors (Lipinski definition) is 3. The first-order chi connectivity index (χ1) is 8.40. The van der Waals surface area contributed by atoms with Crippen molar-refractivity contribution >= 4 is 28.6 Å². The van der Waals surface area contributed by atoms with Gasteiger partial charge in [-0.25, -0.2) is 9.18 Å². The molecule has 0 aromatic heterocycles. The highest BCUT2D eigenvalue weighted by molar-refractivity contribution is 6.65. The van der Waals surface area contributed by atoms with Crippen LogP contribution in [0.3, 0.4) is 0 Å². The third-order valence-corrected chi connectivity index (χ3v) is 2.63. The number of anilines is 1. The van der Waals surface area contributed by atoms with Gasteiger partial charge in [0.2, 0.25) is 0 Å². The van der Waals surface area contributed by atoms with Crippen LogP contribution < -0.4 is 5.32 Å². The summed E-state index contributed by atoms with van der Waals surface area (Å²) in [6, 6.07) is 4.05. The number of rotatable bonds is 3. The molecule has 1 aromatic carbocycles. The number of oxime groups is 1. The molecular weight excluding hydrogens is 259 g/mol. The van der Waals surface area contributed by atoms with Crippen molar-refractivity contribution in [1.82, 2.24) is 0 Å². The maximum absolute atomic E-state index is 13.0. The number of amides is 1. The lowest BCUT2D eigenvalue weighted by atomic mass is 10.2. The molecule has 1 amide bonds. The molecular formula is C12H14ClFN2O2. The van der Waals surface area contributed by atoms with E-state index in [1.54, 1.807) is 13.0 Å². The van der Waals surface area contributed by atoms with E-state index in [4.69, 9.17) is 11.6 Å². The van der Waals surface area contributed by atoms with E-state index < -0.39 is 11.9 Å². The number of carbonyl (C=O) groups excluding carboxylic acids is 1.